The maximum Gasteiger partial charge on any atom is 0.268 e. The molecule has 3 N–H and O–H groups in total. The lowest BCUT2D eigenvalue weighted by atomic mass is 10.3. The van der Waals surface area contributed by atoms with Crippen LogP contribution in [0.2, 0.25) is 0 Å². The van der Waals surface area contributed by atoms with Gasteiger partial charge in [-0.2, -0.15) is 5.26 Å². The Morgan fingerprint density at radius 1 is 1.53 bits per heavy atom. The van der Waals surface area contributed by atoms with Crippen LogP contribution in [0.25, 0.3) is 0 Å². The molecule has 0 aromatic carbocycles. The number of unbranched alkanes of at least 4 members (excludes halogenated alkanes) is 2. The Morgan fingerprint density at radius 3 is 2.88 bits per heavy atom. The summed E-state index contributed by atoms with van der Waals surface area (Å²) in [5.74, 6) is 1.03. The van der Waals surface area contributed by atoms with Crippen molar-refractivity contribution in [3.05, 3.63) is 10.4 Å². The number of nitrogens with one attached hydrogen (secondary N) is 1. The van der Waals surface area contributed by atoms with E-state index >= 15 is 0 Å². The van der Waals surface area contributed by atoms with Crippen molar-refractivity contribution in [2.24, 2.45) is 0 Å². The molecule has 0 saturated heterocycles. The minimum absolute atomic E-state index is 0.123. The number of hydrogen-bond donors (Lipinski definition) is 2. The smallest absolute Gasteiger partial charge is 0.268 e. The van der Waals surface area contributed by atoms with E-state index in [1.807, 2.05) is 5.40 Å². The molecule has 0 spiro atoms. The van der Waals surface area contributed by atoms with Crippen molar-refractivity contribution in [3.8, 4) is 5.40 Å². The Balaban J connectivity index is 2.70. The van der Waals surface area contributed by atoms with Crippen molar-refractivity contribution >= 4 is 29.3 Å². The molecule has 1 aromatic rings. The number of anilines is 1. The van der Waals surface area contributed by atoms with Crippen LogP contribution in [0.3, 0.4) is 0 Å². The van der Waals surface area contributed by atoms with Gasteiger partial charge in [0, 0.05) is 5.75 Å². The van der Waals surface area contributed by atoms with Crippen molar-refractivity contribution in [1.82, 2.24) is 9.97 Å². The van der Waals surface area contributed by atoms with Gasteiger partial charge in [-0.25, -0.2) is 4.98 Å². The minimum Gasteiger partial charge on any atom is -0.382 e. The fourth-order valence-electron chi connectivity index (χ4n) is 1.19. The van der Waals surface area contributed by atoms with Crippen molar-refractivity contribution in [3.63, 3.8) is 0 Å². The molecule has 1 aromatic heterocycles. The molecule has 0 amide bonds. The van der Waals surface area contributed by atoms with Gasteiger partial charge in [0.2, 0.25) is 0 Å². The van der Waals surface area contributed by atoms with Gasteiger partial charge in [0.15, 0.2) is 5.16 Å². The van der Waals surface area contributed by atoms with Gasteiger partial charge in [-0.15, -0.1) is 0 Å². The van der Waals surface area contributed by atoms with Crippen LogP contribution in [0.1, 0.15) is 26.2 Å². The Labute approximate surface area is 108 Å². The molecular weight excluding hydrogens is 256 g/mol. The lowest BCUT2D eigenvalue weighted by Crippen LogP contribution is -2.14. The molecule has 5 nitrogen and oxygen atoms in total. The number of thiocyanates is 1. The molecule has 1 heterocycles. The molecule has 0 aliphatic rings. The molecule has 0 aliphatic carbocycles. The first-order valence-corrected chi connectivity index (χ1v) is 7.07. The summed E-state index contributed by atoms with van der Waals surface area (Å²) in [4.78, 5) is 18.4. The standard InChI is InChI=1S/C10H14N4OS2/c1-2-3-4-5-16-10-13-8(12)7(17-6-11)9(15)14-10/h2-5H2,1H3,(H3,12,13,14,15). The summed E-state index contributed by atoms with van der Waals surface area (Å²) in [7, 11) is 0. The van der Waals surface area contributed by atoms with Gasteiger partial charge in [0.05, 0.1) is 0 Å². The third-order valence-corrected chi connectivity index (χ3v) is 3.67. The number of thioether (sulfide) groups is 2. The highest BCUT2D eigenvalue weighted by Crippen LogP contribution is 2.21. The molecule has 0 aliphatic heterocycles. The fourth-order valence-corrected chi connectivity index (χ4v) is 2.45. The van der Waals surface area contributed by atoms with E-state index in [0.717, 1.165) is 36.8 Å². The van der Waals surface area contributed by atoms with Gasteiger partial charge < -0.3 is 10.7 Å². The second-order valence-electron chi connectivity index (χ2n) is 3.33. The van der Waals surface area contributed by atoms with Crippen LogP contribution in [0.15, 0.2) is 14.8 Å². The highest BCUT2D eigenvalue weighted by Gasteiger charge is 2.09. The van der Waals surface area contributed by atoms with E-state index in [4.69, 9.17) is 11.0 Å². The predicted molar refractivity (Wildman–Crippen MR) is 71.0 cm³/mol. The zero-order valence-corrected chi connectivity index (χ0v) is 11.2. The van der Waals surface area contributed by atoms with E-state index < -0.39 is 0 Å². The predicted octanol–water partition coefficient (Wildman–Crippen LogP) is 2.21. The molecular formula is C10H14N4OS2. The second kappa shape index (κ2) is 7.25. The first-order valence-electron chi connectivity index (χ1n) is 5.27. The van der Waals surface area contributed by atoms with E-state index in [1.54, 1.807) is 0 Å². The number of nitriles is 1. The number of H-pyrrole nitrogens is 1. The molecule has 1 rings (SSSR count). The number of rotatable bonds is 6. The van der Waals surface area contributed by atoms with E-state index in [9.17, 15) is 4.79 Å². The van der Waals surface area contributed by atoms with Gasteiger partial charge in [-0.1, -0.05) is 31.5 Å². The summed E-state index contributed by atoms with van der Waals surface area (Å²) in [6, 6.07) is 0. The van der Waals surface area contributed by atoms with Gasteiger partial charge in [-0.3, -0.25) is 4.79 Å². The molecule has 92 valence electrons. The Morgan fingerprint density at radius 2 is 2.29 bits per heavy atom. The average molecular weight is 270 g/mol. The monoisotopic (exact) mass is 270 g/mol. The van der Waals surface area contributed by atoms with Crippen LogP contribution < -0.4 is 11.3 Å². The topological polar surface area (TPSA) is 95.6 Å². The largest absolute Gasteiger partial charge is 0.382 e. The summed E-state index contributed by atoms with van der Waals surface area (Å²) in [6.07, 6.45) is 3.40. The average Bonchev–Trinajstić information content (AvgIpc) is 2.29. The molecule has 0 saturated carbocycles. The van der Waals surface area contributed by atoms with E-state index in [-0.39, 0.29) is 16.3 Å². The summed E-state index contributed by atoms with van der Waals surface area (Å²) in [6.45, 7) is 2.14. The second-order valence-corrected chi connectivity index (χ2v) is 5.21. The SMILES string of the molecule is CCCCCSc1nc(N)c(SC#N)c(=O)[nH]1. The molecule has 0 bridgehead atoms. The number of nitrogen functional groups attached to an aromatic ring is 1. The van der Waals surface area contributed by atoms with E-state index in [2.05, 4.69) is 16.9 Å². The number of aromatic nitrogens is 2. The third kappa shape index (κ3) is 4.32. The normalized spacial score (nSPS) is 10.1. The lowest BCUT2D eigenvalue weighted by molar-refractivity contribution is 0.776. The Bertz CT molecular complexity index is 466. The zero-order chi connectivity index (χ0) is 12.7. The van der Waals surface area contributed by atoms with Crippen molar-refractivity contribution < 1.29 is 0 Å². The van der Waals surface area contributed by atoms with Crippen LogP contribution in [0.5, 0.6) is 0 Å². The molecule has 0 atom stereocenters. The minimum atomic E-state index is -0.345. The lowest BCUT2D eigenvalue weighted by Gasteiger charge is -2.03. The first-order chi connectivity index (χ1) is 8.19. The molecule has 7 heteroatoms. The van der Waals surface area contributed by atoms with Crippen molar-refractivity contribution in [2.45, 2.75) is 36.2 Å². The van der Waals surface area contributed by atoms with Gasteiger partial charge in [-0.05, 0) is 18.2 Å². The van der Waals surface area contributed by atoms with Gasteiger partial charge in [0.25, 0.3) is 5.56 Å². The summed E-state index contributed by atoms with van der Waals surface area (Å²) >= 11 is 2.21. The zero-order valence-electron chi connectivity index (χ0n) is 9.52. The maximum atomic E-state index is 11.6. The number of aromatic amines is 1. The fraction of sp³-hybridized carbons (Fsp3) is 0.500. The van der Waals surface area contributed by atoms with Gasteiger partial charge in [0.1, 0.15) is 16.1 Å². The number of nitrogens with two attached hydrogens (primary N) is 1. The van der Waals surface area contributed by atoms with Gasteiger partial charge >= 0.3 is 0 Å². The molecule has 17 heavy (non-hydrogen) atoms. The van der Waals surface area contributed by atoms with E-state index in [1.165, 1.54) is 11.8 Å². The van der Waals surface area contributed by atoms with Crippen LogP contribution in [0, 0.1) is 10.7 Å². The Hall–Kier alpha value is -1.13. The first kappa shape index (κ1) is 13.9. The molecule has 0 fully saturated rings. The van der Waals surface area contributed by atoms with Crippen LogP contribution in [0.4, 0.5) is 5.82 Å². The molecule has 0 radical (unpaired) electrons. The number of hydrogen-bond acceptors (Lipinski definition) is 6. The third-order valence-electron chi connectivity index (χ3n) is 2.02. The quantitative estimate of drug-likeness (QED) is 0.356. The van der Waals surface area contributed by atoms with Crippen LogP contribution in [-0.4, -0.2) is 15.7 Å². The van der Waals surface area contributed by atoms with Crippen LogP contribution in [-0.2, 0) is 0 Å². The number of nitrogens with zero attached hydrogens (tertiary/aromatic N) is 2. The van der Waals surface area contributed by atoms with Crippen molar-refractivity contribution in [1.29, 1.82) is 5.26 Å². The maximum absolute atomic E-state index is 11.6. The highest BCUT2D eigenvalue weighted by atomic mass is 32.2. The summed E-state index contributed by atoms with van der Waals surface area (Å²) in [5, 5.41) is 10.8. The summed E-state index contributed by atoms with van der Waals surface area (Å²) < 4.78 is 0. The molecule has 0 unspecified atom stereocenters. The van der Waals surface area contributed by atoms with E-state index in [0.29, 0.717) is 5.16 Å². The summed E-state index contributed by atoms with van der Waals surface area (Å²) in [5.41, 5.74) is 5.28. The highest BCUT2D eigenvalue weighted by molar-refractivity contribution is 8.03. The van der Waals surface area contributed by atoms with Crippen LogP contribution >= 0.6 is 23.5 Å². The van der Waals surface area contributed by atoms with Crippen molar-refractivity contribution in [2.75, 3.05) is 11.5 Å². The Kier molecular flexibility index (Phi) is 5.94.